The van der Waals surface area contributed by atoms with Crippen LogP contribution in [0.15, 0.2) is 30.6 Å². The molecule has 2 N–H and O–H groups in total. The number of benzene rings is 1. The Morgan fingerprint density at radius 2 is 2.18 bits per heavy atom. The number of hydrogen-bond acceptors (Lipinski definition) is 3. The van der Waals surface area contributed by atoms with Gasteiger partial charge in [0.1, 0.15) is 11.6 Å². The third-order valence-corrected chi connectivity index (χ3v) is 2.83. The van der Waals surface area contributed by atoms with Gasteiger partial charge in [-0.25, -0.2) is 4.98 Å². The van der Waals surface area contributed by atoms with E-state index in [9.17, 15) is 5.11 Å². The van der Waals surface area contributed by atoms with Crippen LogP contribution in [-0.4, -0.2) is 14.7 Å². The lowest BCUT2D eigenvalue weighted by molar-refractivity contribution is 0.471. The van der Waals surface area contributed by atoms with Crippen LogP contribution in [0.4, 0.5) is 5.69 Å². The molecule has 2 rings (SSSR count). The minimum Gasteiger partial charge on any atom is -0.508 e. The quantitative estimate of drug-likeness (QED) is 0.798. The highest BCUT2D eigenvalue weighted by Crippen LogP contribution is 2.23. The van der Waals surface area contributed by atoms with Crippen molar-refractivity contribution >= 4 is 5.69 Å². The number of phenols is 1. The Balaban J connectivity index is 2.16. The Morgan fingerprint density at radius 3 is 2.76 bits per heavy atom. The van der Waals surface area contributed by atoms with E-state index in [-0.39, 0.29) is 6.04 Å². The van der Waals surface area contributed by atoms with E-state index in [1.807, 2.05) is 36.9 Å². The van der Waals surface area contributed by atoms with Gasteiger partial charge < -0.3 is 15.0 Å². The van der Waals surface area contributed by atoms with Crippen LogP contribution >= 0.6 is 0 Å². The second kappa shape index (κ2) is 4.49. The van der Waals surface area contributed by atoms with E-state index in [0.717, 1.165) is 17.1 Å². The molecule has 0 radical (unpaired) electrons. The number of aromatic hydroxyl groups is 1. The van der Waals surface area contributed by atoms with Gasteiger partial charge in [-0.15, -0.1) is 0 Å². The molecular weight excluding hydrogens is 214 g/mol. The SMILES string of the molecule is Cc1cc(NC(C)c2nccn2C)ccc1O. The first kappa shape index (κ1) is 11.5. The van der Waals surface area contributed by atoms with Crippen molar-refractivity contribution in [3.8, 4) is 5.75 Å². The number of hydrogen-bond donors (Lipinski definition) is 2. The second-order valence-corrected chi connectivity index (χ2v) is 4.26. The first-order valence-corrected chi connectivity index (χ1v) is 5.61. The summed E-state index contributed by atoms with van der Waals surface area (Å²) in [6.45, 7) is 3.94. The van der Waals surface area contributed by atoms with E-state index in [1.54, 1.807) is 12.3 Å². The van der Waals surface area contributed by atoms with E-state index in [4.69, 9.17) is 0 Å². The van der Waals surface area contributed by atoms with Gasteiger partial charge in [-0.3, -0.25) is 0 Å². The number of aryl methyl sites for hydroxylation is 2. The van der Waals surface area contributed by atoms with Crippen molar-refractivity contribution in [2.75, 3.05) is 5.32 Å². The highest BCUT2D eigenvalue weighted by molar-refractivity contribution is 5.51. The zero-order valence-corrected chi connectivity index (χ0v) is 10.3. The van der Waals surface area contributed by atoms with Gasteiger partial charge in [-0.2, -0.15) is 0 Å². The monoisotopic (exact) mass is 231 g/mol. The van der Waals surface area contributed by atoms with E-state index in [0.29, 0.717) is 5.75 Å². The molecule has 0 bridgehead atoms. The molecule has 0 aliphatic rings. The van der Waals surface area contributed by atoms with Crippen molar-refractivity contribution in [1.82, 2.24) is 9.55 Å². The molecule has 0 aliphatic carbocycles. The zero-order valence-electron chi connectivity index (χ0n) is 10.3. The van der Waals surface area contributed by atoms with E-state index in [1.165, 1.54) is 0 Å². The molecule has 90 valence electrons. The summed E-state index contributed by atoms with van der Waals surface area (Å²) in [6, 6.07) is 5.61. The summed E-state index contributed by atoms with van der Waals surface area (Å²) >= 11 is 0. The lowest BCUT2D eigenvalue weighted by Gasteiger charge is -2.15. The van der Waals surface area contributed by atoms with Crippen LogP contribution in [-0.2, 0) is 7.05 Å². The summed E-state index contributed by atoms with van der Waals surface area (Å²) in [7, 11) is 1.97. The molecule has 1 heterocycles. The van der Waals surface area contributed by atoms with Gasteiger partial charge in [0.05, 0.1) is 6.04 Å². The number of rotatable bonds is 3. The lowest BCUT2D eigenvalue weighted by Crippen LogP contribution is -2.11. The van der Waals surface area contributed by atoms with Gasteiger partial charge in [-0.05, 0) is 37.6 Å². The van der Waals surface area contributed by atoms with Crippen molar-refractivity contribution < 1.29 is 5.11 Å². The molecule has 4 nitrogen and oxygen atoms in total. The Kier molecular flexibility index (Phi) is 3.04. The van der Waals surface area contributed by atoms with Crippen LogP contribution in [0.3, 0.4) is 0 Å². The minimum absolute atomic E-state index is 0.124. The molecule has 2 aromatic rings. The number of anilines is 1. The summed E-state index contributed by atoms with van der Waals surface area (Å²) in [6.07, 6.45) is 3.71. The van der Waals surface area contributed by atoms with Crippen LogP contribution in [0.5, 0.6) is 5.75 Å². The molecule has 1 aromatic carbocycles. The summed E-state index contributed by atoms with van der Waals surface area (Å²) in [4.78, 5) is 4.30. The van der Waals surface area contributed by atoms with E-state index < -0.39 is 0 Å². The standard InChI is InChI=1S/C13H17N3O/c1-9-8-11(4-5-12(9)17)15-10(2)13-14-6-7-16(13)3/h4-8,10,15,17H,1-3H3. The van der Waals surface area contributed by atoms with Crippen LogP contribution in [0, 0.1) is 6.92 Å². The number of imidazole rings is 1. The highest BCUT2D eigenvalue weighted by Gasteiger charge is 2.10. The maximum atomic E-state index is 9.46. The van der Waals surface area contributed by atoms with Gasteiger partial charge in [0, 0.05) is 25.1 Å². The van der Waals surface area contributed by atoms with Crippen molar-refractivity contribution in [3.63, 3.8) is 0 Å². The van der Waals surface area contributed by atoms with Gasteiger partial charge >= 0.3 is 0 Å². The molecule has 4 heteroatoms. The van der Waals surface area contributed by atoms with Crippen LogP contribution < -0.4 is 5.32 Å². The van der Waals surface area contributed by atoms with Gasteiger partial charge in [-0.1, -0.05) is 0 Å². The van der Waals surface area contributed by atoms with Crippen molar-refractivity contribution in [2.45, 2.75) is 19.9 Å². The van der Waals surface area contributed by atoms with Crippen LogP contribution in [0.1, 0.15) is 24.4 Å². The number of aromatic nitrogens is 2. The Bertz CT molecular complexity index is 519. The molecule has 0 saturated heterocycles. The summed E-state index contributed by atoms with van der Waals surface area (Å²) in [5.41, 5.74) is 1.85. The molecule has 1 atom stereocenters. The maximum Gasteiger partial charge on any atom is 0.130 e. The number of nitrogens with zero attached hydrogens (tertiary/aromatic N) is 2. The van der Waals surface area contributed by atoms with E-state index in [2.05, 4.69) is 17.2 Å². The summed E-state index contributed by atoms with van der Waals surface area (Å²) in [5.74, 6) is 1.30. The number of phenolic OH excluding ortho intramolecular Hbond substituents is 1. The summed E-state index contributed by atoms with van der Waals surface area (Å²) in [5, 5.41) is 12.8. The molecule has 0 fully saturated rings. The Labute approximate surface area is 101 Å². The van der Waals surface area contributed by atoms with Crippen molar-refractivity contribution in [2.24, 2.45) is 7.05 Å². The van der Waals surface area contributed by atoms with Gasteiger partial charge in [0.25, 0.3) is 0 Å². The molecule has 1 unspecified atom stereocenters. The fourth-order valence-corrected chi connectivity index (χ4v) is 1.85. The number of nitrogens with one attached hydrogen (secondary N) is 1. The maximum absolute atomic E-state index is 9.46. The fourth-order valence-electron chi connectivity index (χ4n) is 1.85. The smallest absolute Gasteiger partial charge is 0.130 e. The molecule has 1 aromatic heterocycles. The van der Waals surface area contributed by atoms with Crippen LogP contribution in [0.2, 0.25) is 0 Å². The van der Waals surface area contributed by atoms with Gasteiger partial charge in [0.2, 0.25) is 0 Å². The van der Waals surface area contributed by atoms with Crippen molar-refractivity contribution in [3.05, 3.63) is 42.0 Å². The topological polar surface area (TPSA) is 50.1 Å². The first-order valence-electron chi connectivity index (χ1n) is 5.61. The Morgan fingerprint density at radius 1 is 1.41 bits per heavy atom. The molecule has 0 spiro atoms. The molecular formula is C13H17N3O. The average molecular weight is 231 g/mol. The molecule has 17 heavy (non-hydrogen) atoms. The van der Waals surface area contributed by atoms with E-state index >= 15 is 0 Å². The average Bonchev–Trinajstić information content (AvgIpc) is 2.70. The first-order chi connectivity index (χ1) is 8.08. The largest absolute Gasteiger partial charge is 0.508 e. The second-order valence-electron chi connectivity index (χ2n) is 4.26. The predicted octanol–water partition coefficient (Wildman–Crippen LogP) is 2.61. The Hall–Kier alpha value is -1.97. The minimum atomic E-state index is 0.124. The van der Waals surface area contributed by atoms with Crippen molar-refractivity contribution in [1.29, 1.82) is 0 Å². The zero-order chi connectivity index (χ0) is 12.4. The van der Waals surface area contributed by atoms with Crippen LogP contribution in [0.25, 0.3) is 0 Å². The molecule has 0 amide bonds. The molecule has 0 aliphatic heterocycles. The lowest BCUT2D eigenvalue weighted by atomic mass is 10.2. The third-order valence-electron chi connectivity index (χ3n) is 2.83. The van der Waals surface area contributed by atoms with Gasteiger partial charge in [0.15, 0.2) is 0 Å². The predicted molar refractivity (Wildman–Crippen MR) is 68.1 cm³/mol. The highest BCUT2D eigenvalue weighted by atomic mass is 16.3. The fraction of sp³-hybridized carbons (Fsp3) is 0.308. The molecule has 0 saturated carbocycles. The normalized spacial score (nSPS) is 12.4. The third kappa shape index (κ3) is 2.41. The summed E-state index contributed by atoms with van der Waals surface area (Å²) < 4.78 is 1.99.